The van der Waals surface area contributed by atoms with E-state index < -0.39 is 5.60 Å². The van der Waals surface area contributed by atoms with Crippen LogP contribution in [0.4, 0.5) is 4.39 Å². The molecule has 40 heavy (non-hydrogen) atoms. The number of Topliss-reactive ketones (excluding diaryl/α,β-unsaturated/α-hetero) is 1. The Morgan fingerprint density at radius 1 is 1.18 bits per heavy atom. The molecule has 8 nitrogen and oxygen atoms in total. The molecule has 2 aromatic carbocycles. The zero-order valence-corrected chi connectivity index (χ0v) is 22.6. The maximum Gasteiger partial charge on any atom is 0.323 e. The lowest BCUT2D eigenvalue weighted by Crippen LogP contribution is -2.38. The van der Waals surface area contributed by atoms with Crippen LogP contribution in [0.1, 0.15) is 61.1 Å². The van der Waals surface area contributed by atoms with Crippen molar-refractivity contribution >= 4 is 16.8 Å². The van der Waals surface area contributed by atoms with E-state index in [0.717, 1.165) is 18.0 Å². The van der Waals surface area contributed by atoms with E-state index in [1.54, 1.807) is 37.3 Å². The van der Waals surface area contributed by atoms with Gasteiger partial charge in [0.1, 0.15) is 22.9 Å². The molecule has 0 amide bonds. The molecule has 1 aliphatic carbocycles. The van der Waals surface area contributed by atoms with Gasteiger partial charge in [0.15, 0.2) is 5.78 Å². The van der Waals surface area contributed by atoms with Gasteiger partial charge < -0.3 is 25.1 Å². The highest BCUT2D eigenvalue weighted by molar-refractivity contribution is 5.98. The van der Waals surface area contributed by atoms with Crippen molar-refractivity contribution in [2.75, 3.05) is 19.7 Å². The molecule has 9 heteroatoms. The molecule has 0 unspecified atom stereocenters. The van der Waals surface area contributed by atoms with Crippen molar-refractivity contribution in [2.45, 2.75) is 50.5 Å². The minimum Gasteiger partial charge on any atom is -0.490 e. The van der Waals surface area contributed by atoms with Gasteiger partial charge in [0, 0.05) is 35.1 Å². The van der Waals surface area contributed by atoms with Crippen LogP contribution in [0.15, 0.2) is 53.3 Å². The van der Waals surface area contributed by atoms with Crippen LogP contribution >= 0.6 is 0 Å². The number of hydrogen-bond acceptors (Lipinski definition) is 6. The van der Waals surface area contributed by atoms with Crippen molar-refractivity contribution in [2.24, 2.45) is 5.92 Å². The third kappa shape index (κ3) is 5.19. The van der Waals surface area contributed by atoms with Gasteiger partial charge in [-0.25, -0.2) is 14.2 Å². The number of aromatic amines is 2. The number of benzene rings is 2. The third-order valence-corrected chi connectivity index (χ3v) is 8.15. The summed E-state index contributed by atoms with van der Waals surface area (Å²) in [5.41, 5.74) is 2.15. The first-order valence-corrected chi connectivity index (χ1v) is 13.7. The van der Waals surface area contributed by atoms with Gasteiger partial charge in [-0.1, -0.05) is 6.92 Å². The van der Waals surface area contributed by atoms with Crippen LogP contribution in [0, 0.1) is 11.7 Å². The summed E-state index contributed by atoms with van der Waals surface area (Å²) in [5.74, 6) is 0.886. The van der Waals surface area contributed by atoms with E-state index in [0.29, 0.717) is 52.4 Å². The van der Waals surface area contributed by atoms with Crippen LogP contribution in [-0.2, 0) is 11.0 Å². The summed E-state index contributed by atoms with van der Waals surface area (Å²) in [6.07, 6.45) is 2.74. The first-order chi connectivity index (χ1) is 19.1. The van der Waals surface area contributed by atoms with Crippen molar-refractivity contribution in [1.29, 1.82) is 0 Å². The second-order valence-electron chi connectivity index (χ2n) is 11.7. The number of imidazole rings is 1. The topological polar surface area (TPSA) is 120 Å². The zero-order chi connectivity index (χ0) is 28.1. The summed E-state index contributed by atoms with van der Waals surface area (Å²) >= 11 is 0. The molecule has 4 N–H and O–H groups in total. The summed E-state index contributed by atoms with van der Waals surface area (Å²) in [6, 6.07) is 13.0. The number of hydrogen-bond donors (Lipinski definition) is 4. The number of H-pyrrole nitrogens is 2. The van der Waals surface area contributed by atoms with Crippen molar-refractivity contribution < 1.29 is 19.0 Å². The fourth-order valence-electron chi connectivity index (χ4n) is 5.37. The van der Waals surface area contributed by atoms with E-state index in [-0.39, 0.29) is 35.5 Å². The van der Waals surface area contributed by atoms with Crippen LogP contribution in [0.5, 0.6) is 5.75 Å². The van der Waals surface area contributed by atoms with E-state index in [1.807, 2.05) is 6.07 Å². The number of ketones is 1. The quantitative estimate of drug-likeness (QED) is 0.217. The number of nitrogens with one attached hydrogen (secondary N) is 3. The second-order valence-corrected chi connectivity index (χ2v) is 11.7. The van der Waals surface area contributed by atoms with Gasteiger partial charge in [-0.2, -0.15) is 0 Å². The Morgan fingerprint density at radius 3 is 2.67 bits per heavy atom. The van der Waals surface area contributed by atoms with Gasteiger partial charge in [0.25, 0.3) is 0 Å². The van der Waals surface area contributed by atoms with Gasteiger partial charge >= 0.3 is 5.69 Å². The lowest BCUT2D eigenvalue weighted by Gasteiger charge is -2.27. The Bertz CT molecular complexity index is 1640. The molecule has 1 aliphatic heterocycles. The summed E-state index contributed by atoms with van der Waals surface area (Å²) in [5, 5.41) is 15.2. The van der Waals surface area contributed by atoms with Crippen LogP contribution in [0.3, 0.4) is 0 Å². The molecule has 3 heterocycles. The number of halogens is 1. The van der Waals surface area contributed by atoms with Crippen LogP contribution in [0.2, 0.25) is 0 Å². The Labute approximate surface area is 231 Å². The Hall–Kier alpha value is -3.82. The lowest BCUT2D eigenvalue weighted by atomic mass is 9.82. The number of carbonyl (C=O) groups excluding carboxylic acids is 1. The molecule has 0 saturated heterocycles. The molecule has 4 aromatic rings. The first-order valence-electron chi connectivity index (χ1n) is 13.7. The van der Waals surface area contributed by atoms with Gasteiger partial charge in [-0.15, -0.1) is 0 Å². The Kier molecular flexibility index (Phi) is 6.59. The highest BCUT2D eigenvalue weighted by atomic mass is 19.1. The normalized spacial score (nSPS) is 19.8. The summed E-state index contributed by atoms with van der Waals surface area (Å²) in [7, 11) is 0. The molecule has 2 aliphatic rings. The number of rotatable bonds is 10. The average molecular weight is 545 g/mol. The zero-order valence-electron chi connectivity index (χ0n) is 22.6. The number of aliphatic hydroxyl groups is 1. The van der Waals surface area contributed by atoms with Gasteiger partial charge in [-0.3, -0.25) is 4.79 Å². The van der Waals surface area contributed by atoms with Crippen molar-refractivity contribution in [1.82, 2.24) is 20.3 Å². The Balaban J connectivity index is 1.30. The number of fused-ring (bicyclic) bond motifs is 2. The second kappa shape index (κ2) is 9.98. The number of ether oxygens (including phenoxy) is 1. The monoisotopic (exact) mass is 544 g/mol. The first kappa shape index (κ1) is 26.4. The SMILES string of the molecule is C[C@]1(CNCC2CC2)COc2c1cc([C@@](C)(O)CCC(=O)c1ccc3[nH]c(=O)[nH]c3c1)nc2-c1ccc(F)cc1. The summed E-state index contributed by atoms with van der Waals surface area (Å²) < 4.78 is 19.9. The van der Waals surface area contributed by atoms with E-state index in [2.05, 4.69) is 22.2 Å². The number of carbonyl (C=O) groups is 1. The van der Waals surface area contributed by atoms with Crippen LogP contribution in [-0.4, -0.2) is 45.5 Å². The predicted molar refractivity (Wildman–Crippen MR) is 150 cm³/mol. The molecule has 1 fully saturated rings. The molecular weight excluding hydrogens is 511 g/mol. The van der Waals surface area contributed by atoms with Crippen LogP contribution < -0.4 is 15.7 Å². The van der Waals surface area contributed by atoms with Crippen molar-refractivity contribution in [3.63, 3.8) is 0 Å². The number of pyridine rings is 1. The summed E-state index contributed by atoms with van der Waals surface area (Å²) in [4.78, 5) is 34.8. The van der Waals surface area contributed by atoms with Gasteiger partial charge in [0.05, 0.1) is 23.3 Å². The minimum absolute atomic E-state index is 0.0779. The molecule has 0 spiro atoms. The van der Waals surface area contributed by atoms with Crippen molar-refractivity contribution in [3.8, 4) is 17.0 Å². The predicted octanol–water partition coefficient (Wildman–Crippen LogP) is 4.58. The smallest absolute Gasteiger partial charge is 0.323 e. The number of aromatic nitrogens is 3. The van der Waals surface area contributed by atoms with Gasteiger partial charge in [-0.05, 0) is 87.2 Å². The minimum atomic E-state index is -1.42. The molecular formula is C31H33FN4O4. The Morgan fingerprint density at radius 2 is 1.93 bits per heavy atom. The highest BCUT2D eigenvalue weighted by Gasteiger charge is 2.41. The number of nitrogens with zero attached hydrogens (tertiary/aromatic N) is 1. The fraction of sp³-hybridized carbons (Fsp3) is 0.387. The lowest BCUT2D eigenvalue weighted by molar-refractivity contribution is 0.0396. The standard InChI is InChI=1S/C31H33FN4O4/c1-30(16-33-15-18-3-4-18)17-40-28-22(30)14-26(36-27(28)19-5-8-21(32)9-6-19)31(2,39)12-11-25(37)20-7-10-23-24(13-20)35-29(38)34-23/h5-10,13-14,18,33,39H,3-4,11-12,15-17H2,1-2H3,(H2,34,35,38)/t30-,31-/m0/s1. The maximum absolute atomic E-state index is 13.7. The molecule has 208 valence electrons. The molecule has 1 saturated carbocycles. The molecule has 0 radical (unpaired) electrons. The molecule has 0 bridgehead atoms. The van der Waals surface area contributed by atoms with E-state index >= 15 is 0 Å². The highest BCUT2D eigenvalue weighted by Crippen LogP contribution is 2.46. The van der Waals surface area contributed by atoms with E-state index in [9.17, 15) is 19.1 Å². The van der Waals surface area contributed by atoms with Crippen LogP contribution in [0.25, 0.3) is 22.3 Å². The van der Waals surface area contributed by atoms with Gasteiger partial charge in [0.2, 0.25) is 0 Å². The summed E-state index contributed by atoms with van der Waals surface area (Å²) in [6.45, 7) is 5.94. The molecule has 2 aromatic heterocycles. The maximum atomic E-state index is 13.7. The van der Waals surface area contributed by atoms with E-state index in [4.69, 9.17) is 9.72 Å². The largest absolute Gasteiger partial charge is 0.490 e. The van der Waals surface area contributed by atoms with Crippen molar-refractivity contribution in [3.05, 3.63) is 81.7 Å². The fourth-order valence-corrected chi connectivity index (χ4v) is 5.37. The molecule has 2 atom stereocenters. The third-order valence-electron chi connectivity index (χ3n) is 8.15. The van der Waals surface area contributed by atoms with E-state index in [1.165, 1.54) is 25.0 Å². The molecule has 6 rings (SSSR count). The average Bonchev–Trinajstić information content (AvgIpc) is 3.59.